The van der Waals surface area contributed by atoms with Crippen LogP contribution in [0.4, 0.5) is 0 Å². The van der Waals surface area contributed by atoms with Crippen molar-refractivity contribution in [1.29, 1.82) is 0 Å². The van der Waals surface area contributed by atoms with E-state index in [1.165, 1.54) is 37.9 Å². The van der Waals surface area contributed by atoms with Gasteiger partial charge in [-0.2, -0.15) is 0 Å². The van der Waals surface area contributed by atoms with Crippen LogP contribution in [0.1, 0.15) is 19.4 Å². The van der Waals surface area contributed by atoms with Crippen LogP contribution >= 0.6 is 0 Å². The second-order valence-electron chi connectivity index (χ2n) is 5.90. The topological polar surface area (TPSA) is 13.1 Å². The number of para-hydroxylation sites is 1. The molecule has 0 unspecified atom stereocenters. The van der Waals surface area contributed by atoms with Gasteiger partial charge in [-0.25, -0.2) is 0 Å². The Morgan fingerprint density at radius 2 is 1.25 bits per heavy atom. The molecule has 0 aliphatic carbocycles. The summed E-state index contributed by atoms with van der Waals surface area (Å²) in [5.74, 6) is 0. The van der Waals surface area contributed by atoms with Gasteiger partial charge in [0, 0.05) is 16.2 Å². The van der Waals surface area contributed by atoms with E-state index in [0.717, 1.165) is 11.2 Å². The number of hydrogen-bond acceptors (Lipinski definition) is 1. The van der Waals surface area contributed by atoms with Crippen LogP contribution in [0, 0.1) is 6.92 Å². The average molecular weight is 312 g/mol. The number of aryl methyl sites for hydroxylation is 1. The average Bonchev–Trinajstić information content (AvgIpc) is 3.03. The van der Waals surface area contributed by atoms with Crippen LogP contribution in [0.2, 0.25) is 0 Å². The molecule has 0 amide bonds. The summed E-state index contributed by atoms with van der Waals surface area (Å²) in [7, 11) is 0. The lowest BCUT2D eigenvalue weighted by Crippen LogP contribution is -1.81. The Morgan fingerprint density at radius 1 is 0.625 bits per heavy atom. The first kappa shape index (κ1) is 14.8. The molecule has 1 aromatic heterocycles. The zero-order valence-electron chi connectivity index (χ0n) is 14.3. The maximum Gasteiger partial charge on any atom is 0.143 e. The summed E-state index contributed by atoms with van der Waals surface area (Å²) in [6.45, 7) is 6.14. The van der Waals surface area contributed by atoms with Crippen molar-refractivity contribution in [2.24, 2.45) is 0 Å². The van der Waals surface area contributed by atoms with Crippen molar-refractivity contribution < 1.29 is 4.42 Å². The molecule has 0 aliphatic heterocycles. The van der Waals surface area contributed by atoms with Crippen molar-refractivity contribution in [3.05, 3.63) is 72.3 Å². The zero-order chi connectivity index (χ0) is 16.7. The van der Waals surface area contributed by atoms with Crippen LogP contribution in [0.3, 0.4) is 0 Å². The molecule has 0 atom stereocenters. The van der Waals surface area contributed by atoms with E-state index in [4.69, 9.17) is 4.42 Å². The predicted octanol–water partition coefficient (Wildman–Crippen LogP) is 7.23. The van der Waals surface area contributed by atoms with Crippen molar-refractivity contribution in [2.45, 2.75) is 20.8 Å². The third kappa shape index (κ3) is 2.01. The maximum absolute atomic E-state index is 6.21. The molecule has 5 aromatic rings. The molecule has 1 nitrogen and oxygen atoms in total. The van der Waals surface area contributed by atoms with Gasteiger partial charge in [0.1, 0.15) is 11.2 Å². The van der Waals surface area contributed by atoms with Crippen molar-refractivity contribution in [1.82, 2.24) is 0 Å². The summed E-state index contributed by atoms with van der Waals surface area (Å²) in [5, 5.41) is 7.43. The van der Waals surface area contributed by atoms with E-state index >= 15 is 0 Å². The Labute approximate surface area is 141 Å². The molecule has 0 fully saturated rings. The van der Waals surface area contributed by atoms with Gasteiger partial charge in [-0.15, -0.1) is 0 Å². The van der Waals surface area contributed by atoms with E-state index < -0.39 is 0 Å². The summed E-state index contributed by atoms with van der Waals surface area (Å²) >= 11 is 0. The maximum atomic E-state index is 6.21. The third-order valence-electron chi connectivity index (χ3n) is 4.50. The molecule has 0 radical (unpaired) electrons. The Morgan fingerprint density at radius 3 is 2.04 bits per heavy atom. The Bertz CT molecular complexity index is 1180. The highest BCUT2D eigenvalue weighted by atomic mass is 16.3. The first-order valence-electron chi connectivity index (χ1n) is 8.55. The van der Waals surface area contributed by atoms with Gasteiger partial charge in [0.15, 0.2) is 0 Å². The highest BCUT2D eigenvalue weighted by Crippen LogP contribution is 2.40. The van der Waals surface area contributed by atoms with Crippen LogP contribution in [0.15, 0.2) is 71.1 Å². The van der Waals surface area contributed by atoms with E-state index in [1.807, 2.05) is 26.0 Å². The zero-order valence-corrected chi connectivity index (χ0v) is 14.3. The molecule has 24 heavy (non-hydrogen) atoms. The smallest absolute Gasteiger partial charge is 0.143 e. The lowest BCUT2D eigenvalue weighted by Gasteiger charge is -2.07. The standard InChI is InChI=1S/C21H14O.C2H6/c1-13-10-11-15-14-6-2-3-7-16(14)21-20(18(15)12-13)17-8-4-5-9-19(17)22-21;1-2/h2-12H,1H3;1-2H3. The Kier molecular flexibility index (Phi) is 3.50. The van der Waals surface area contributed by atoms with Gasteiger partial charge in [-0.05, 0) is 29.1 Å². The predicted molar refractivity (Wildman–Crippen MR) is 105 cm³/mol. The highest BCUT2D eigenvalue weighted by Gasteiger charge is 2.14. The fraction of sp³-hybridized carbons (Fsp3) is 0.130. The molecule has 0 spiro atoms. The lowest BCUT2D eigenvalue weighted by molar-refractivity contribution is 0.673. The highest BCUT2D eigenvalue weighted by molar-refractivity contribution is 6.30. The van der Waals surface area contributed by atoms with E-state index in [1.54, 1.807) is 0 Å². The van der Waals surface area contributed by atoms with Gasteiger partial charge in [-0.3, -0.25) is 0 Å². The fourth-order valence-electron chi connectivity index (χ4n) is 3.52. The molecular weight excluding hydrogens is 292 g/mol. The third-order valence-corrected chi connectivity index (χ3v) is 4.50. The van der Waals surface area contributed by atoms with Crippen molar-refractivity contribution in [2.75, 3.05) is 0 Å². The van der Waals surface area contributed by atoms with Crippen LogP contribution in [-0.2, 0) is 0 Å². The monoisotopic (exact) mass is 312 g/mol. The van der Waals surface area contributed by atoms with Gasteiger partial charge >= 0.3 is 0 Å². The van der Waals surface area contributed by atoms with E-state index in [9.17, 15) is 0 Å². The first-order valence-corrected chi connectivity index (χ1v) is 8.55. The Balaban J connectivity index is 0.000000704. The van der Waals surface area contributed by atoms with Crippen LogP contribution in [0.25, 0.3) is 43.5 Å². The lowest BCUT2D eigenvalue weighted by atomic mass is 9.96. The molecule has 0 N–H and O–H groups in total. The molecule has 5 rings (SSSR count). The summed E-state index contributed by atoms with van der Waals surface area (Å²) in [6.07, 6.45) is 0. The second-order valence-corrected chi connectivity index (χ2v) is 5.90. The van der Waals surface area contributed by atoms with Gasteiger partial charge in [0.2, 0.25) is 0 Å². The molecule has 118 valence electrons. The summed E-state index contributed by atoms with van der Waals surface area (Å²) in [6, 6.07) is 23.5. The minimum Gasteiger partial charge on any atom is -0.455 e. The molecule has 4 aromatic carbocycles. The SMILES string of the molecule is CC.Cc1ccc2c3ccccc3c3oc4ccccc4c3c2c1. The number of rotatable bonds is 0. The minimum atomic E-state index is 0.955. The number of fused-ring (bicyclic) bond motifs is 8. The van der Waals surface area contributed by atoms with Gasteiger partial charge in [0.05, 0.1) is 0 Å². The fourth-order valence-corrected chi connectivity index (χ4v) is 3.52. The summed E-state index contributed by atoms with van der Waals surface area (Å²) in [5.41, 5.74) is 3.22. The molecule has 0 saturated heterocycles. The van der Waals surface area contributed by atoms with Crippen molar-refractivity contribution >= 4 is 43.5 Å². The quantitative estimate of drug-likeness (QED) is 0.275. The molecule has 1 heteroatoms. The molecule has 0 aliphatic rings. The second kappa shape index (κ2) is 5.68. The molecule has 0 bridgehead atoms. The summed E-state index contributed by atoms with van der Waals surface area (Å²) in [4.78, 5) is 0. The normalized spacial score (nSPS) is 11.1. The van der Waals surface area contributed by atoms with Crippen LogP contribution < -0.4 is 0 Å². The Hall–Kier alpha value is -2.80. The first-order chi connectivity index (χ1) is 11.8. The van der Waals surface area contributed by atoms with E-state index in [-0.39, 0.29) is 0 Å². The molecule has 1 heterocycles. The number of benzene rings is 4. The summed E-state index contributed by atoms with van der Waals surface area (Å²) < 4.78 is 6.21. The number of furan rings is 1. The molecular formula is C23H20O. The minimum absolute atomic E-state index is 0.955. The molecule has 0 saturated carbocycles. The van der Waals surface area contributed by atoms with E-state index in [2.05, 4.69) is 61.5 Å². The largest absolute Gasteiger partial charge is 0.455 e. The van der Waals surface area contributed by atoms with Crippen molar-refractivity contribution in [3.63, 3.8) is 0 Å². The van der Waals surface area contributed by atoms with Crippen molar-refractivity contribution in [3.8, 4) is 0 Å². The van der Waals surface area contributed by atoms with Crippen LogP contribution in [0.5, 0.6) is 0 Å². The van der Waals surface area contributed by atoms with E-state index in [0.29, 0.717) is 0 Å². The number of hydrogen-bond donors (Lipinski definition) is 0. The van der Waals surface area contributed by atoms with Gasteiger partial charge in [0.25, 0.3) is 0 Å². The van der Waals surface area contributed by atoms with Crippen LogP contribution in [-0.4, -0.2) is 0 Å². The van der Waals surface area contributed by atoms with Gasteiger partial charge in [-0.1, -0.05) is 80.1 Å². The van der Waals surface area contributed by atoms with Gasteiger partial charge < -0.3 is 4.42 Å².